The fourth-order valence-corrected chi connectivity index (χ4v) is 10.6. The van der Waals surface area contributed by atoms with Gasteiger partial charge in [0.25, 0.3) is 0 Å². The maximum Gasteiger partial charge on any atom is 0.413 e. The van der Waals surface area contributed by atoms with Gasteiger partial charge < -0.3 is 24.2 Å². The normalized spacial score (nSPS) is 25.2. The van der Waals surface area contributed by atoms with E-state index in [9.17, 15) is 19.1 Å². The maximum atomic E-state index is 17.2. The van der Waals surface area contributed by atoms with Crippen LogP contribution in [-0.2, 0) is 20.7 Å². The molecule has 4 fully saturated rings. The molecule has 4 saturated heterocycles. The summed E-state index contributed by atoms with van der Waals surface area (Å²) < 4.78 is 48.9. The maximum absolute atomic E-state index is 17.2. The molecule has 3 unspecified atom stereocenters. The van der Waals surface area contributed by atoms with E-state index < -0.39 is 30.4 Å². The molecule has 1 amide bonds. The number of carbonyl (C=O) groups excluding carboxylic acids is 2. The molecule has 1 N–H and O–H groups in total. The third-order valence-electron chi connectivity index (χ3n) is 13.5. The highest BCUT2D eigenvalue weighted by atomic mass is 19.1. The number of rotatable bonds is 15. The highest BCUT2D eigenvalue weighted by molar-refractivity contribution is 5.94. The van der Waals surface area contributed by atoms with Gasteiger partial charge in [-0.25, -0.2) is 13.6 Å². The number of ether oxygens (including phenoxy) is 3. The van der Waals surface area contributed by atoms with Gasteiger partial charge in [0.05, 0.1) is 17.6 Å². The summed E-state index contributed by atoms with van der Waals surface area (Å²) >= 11 is 0. The quantitative estimate of drug-likeness (QED) is 0.0907. The Balaban J connectivity index is 1.01. The van der Waals surface area contributed by atoms with Crippen LogP contribution in [0, 0.1) is 5.82 Å². The fraction of sp³-hybridized carbons (Fsp3) is 0.644. The van der Waals surface area contributed by atoms with Gasteiger partial charge in [0.15, 0.2) is 5.82 Å². The fourth-order valence-electron chi connectivity index (χ4n) is 10.6. The number of amides is 1. The lowest BCUT2D eigenvalue weighted by Crippen LogP contribution is -2.56. The zero-order valence-electron chi connectivity index (χ0n) is 34.2. The zero-order valence-corrected chi connectivity index (χ0v) is 34.2. The van der Waals surface area contributed by atoms with Gasteiger partial charge in [-0.15, -0.1) is 0 Å². The van der Waals surface area contributed by atoms with Crippen LogP contribution in [0.4, 0.5) is 19.4 Å². The number of benzene rings is 2. The number of alkyl halides is 1. The lowest BCUT2D eigenvalue weighted by Gasteiger charge is -2.41. The van der Waals surface area contributed by atoms with E-state index in [2.05, 4.69) is 23.6 Å². The van der Waals surface area contributed by atoms with Crippen molar-refractivity contribution in [2.75, 3.05) is 44.5 Å². The van der Waals surface area contributed by atoms with Crippen LogP contribution < -0.4 is 9.64 Å². The number of aromatic nitrogens is 2. The Morgan fingerprint density at radius 1 is 0.948 bits per heavy atom. The van der Waals surface area contributed by atoms with E-state index in [-0.39, 0.29) is 47.9 Å². The van der Waals surface area contributed by atoms with E-state index >= 15 is 4.39 Å². The molecule has 5 heterocycles. The zero-order chi connectivity index (χ0) is 40.4. The Morgan fingerprint density at radius 3 is 2.52 bits per heavy atom. The molecule has 5 atom stereocenters. The first kappa shape index (κ1) is 40.5. The van der Waals surface area contributed by atoms with Crippen LogP contribution >= 0.6 is 0 Å². The van der Waals surface area contributed by atoms with Crippen molar-refractivity contribution < 1.29 is 37.7 Å². The van der Waals surface area contributed by atoms with Crippen molar-refractivity contribution in [3.05, 3.63) is 41.2 Å². The predicted molar refractivity (Wildman–Crippen MR) is 217 cm³/mol. The number of anilines is 1. The molecular weight excluding hydrogens is 745 g/mol. The van der Waals surface area contributed by atoms with Gasteiger partial charge >= 0.3 is 18.1 Å². The van der Waals surface area contributed by atoms with Gasteiger partial charge in [-0.05, 0) is 98.7 Å². The van der Waals surface area contributed by atoms with Crippen LogP contribution in [0.2, 0.25) is 0 Å². The Bertz CT molecular complexity index is 1970. The second-order valence-corrected chi connectivity index (χ2v) is 17.5. The minimum Gasteiger partial charge on any atom is -0.508 e. The summed E-state index contributed by atoms with van der Waals surface area (Å²) in [4.78, 5) is 41.3. The molecule has 2 aromatic carbocycles. The van der Waals surface area contributed by atoms with Crippen LogP contribution in [0.15, 0.2) is 24.3 Å². The summed E-state index contributed by atoms with van der Waals surface area (Å²) in [5, 5.41) is 11.3. The molecule has 1 aliphatic carbocycles. The van der Waals surface area contributed by atoms with E-state index in [1.807, 2.05) is 6.07 Å². The van der Waals surface area contributed by atoms with Crippen molar-refractivity contribution in [1.82, 2.24) is 19.8 Å². The average molecular weight is 804 g/mol. The number of carbonyl (C=O) groups is 2. The summed E-state index contributed by atoms with van der Waals surface area (Å²) in [7, 11) is 0. The number of phenolic OH excluding ortho intramolecular Hbond substituents is 1. The van der Waals surface area contributed by atoms with E-state index in [1.54, 1.807) is 23.1 Å². The molecule has 5 aliphatic rings. The second kappa shape index (κ2) is 17.5. The minimum absolute atomic E-state index is 0.0286. The van der Waals surface area contributed by atoms with Gasteiger partial charge in [0.1, 0.15) is 29.9 Å². The molecule has 11 nitrogen and oxygen atoms in total. The van der Waals surface area contributed by atoms with Crippen molar-refractivity contribution in [1.29, 1.82) is 0 Å². The smallest absolute Gasteiger partial charge is 0.413 e. The van der Waals surface area contributed by atoms with Gasteiger partial charge in [-0.2, -0.15) is 9.97 Å². The predicted octanol–water partition coefficient (Wildman–Crippen LogP) is 8.97. The molecule has 0 spiro atoms. The van der Waals surface area contributed by atoms with Crippen molar-refractivity contribution in [2.45, 2.75) is 146 Å². The van der Waals surface area contributed by atoms with Crippen LogP contribution in [0.25, 0.3) is 22.0 Å². The third-order valence-corrected chi connectivity index (χ3v) is 13.5. The third kappa shape index (κ3) is 8.29. The molecule has 0 radical (unpaired) electrons. The molecule has 58 heavy (non-hydrogen) atoms. The largest absolute Gasteiger partial charge is 0.508 e. The van der Waals surface area contributed by atoms with E-state index in [0.717, 1.165) is 81.9 Å². The number of hydrogen-bond acceptors (Lipinski definition) is 10. The molecule has 0 saturated carbocycles. The van der Waals surface area contributed by atoms with E-state index in [1.165, 1.54) is 25.7 Å². The van der Waals surface area contributed by atoms with Gasteiger partial charge in [0, 0.05) is 43.4 Å². The van der Waals surface area contributed by atoms with Crippen molar-refractivity contribution >= 4 is 28.8 Å². The Hall–Kier alpha value is -4.26. The highest BCUT2D eigenvalue weighted by Crippen LogP contribution is 2.45. The molecule has 3 aromatic rings. The average Bonchev–Trinajstić information content (AvgIpc) is 3.82. The lowest BCUT2D eigenvalue weighted by molar-refractivity contribution is -0.152. The van der Waals surface area contributed by atoms with Gasteiger partial charge in [-0.3, -0.25) is 14.6 Å². The van der Waals surface area contributed by atoms with Crippen molar-refractivity contribution in [3.8, 4) is 22.9 Å². The Morgan fingerprint density at radius 2 is 1.72 bits per heavy atom. The number of unbranched alkanes of at least 4 members (excludes halogenated alkanes) is 6. The van der Waals surface area contributed by atoms with Crippen molar-refractivity contribution in [2.24, 2.45) is 0 Å². The Kier molecular flexibility index (Phi) is 12.2. The number of hydrogen-bond donors (Lipinski definition) is 1. The standard InChI is InChI=1S/C45H59F2N5O6/c1-3-4-5-6-7-8-9-14-38(54)57-28-58-44(55)52-32-15-16-33(52)26-50(25-32)42-36-18-17-35(37-22-34(53)21-30-13-10-12-29(2)39(30)37)40(47)41(36)48-43(49-42)56-27-45-19-11-20-51(45)24-31(46)23-45/h17-18,21-22,29,31-33,53H,3-16,19-20,23-28H2,1-2H3/t29?,31-,32?,33?,45+/m1/s1. The first-order valence-electron chi connectivity index (χ1n) is 21.9. The van der Waals surface area contributed by atoms with Crippen molar-refractivity contribution in [3.63, 3.8) is 0 Å². The number of piperazine rings is 1. The molecule has 13 heteroatoms. The highest BCUT2D eigenvalue weighted by Gasteiger charge is 2.50. The first-order chi connectivity index (χ1) is 28.1. The lowest BCUT2D eigenvalue weighted by atomic mass is 9.79. The summed E-state index contributed by atoms with van der Waals surface area (Å²) in [6.07, 6.45) is 13.0. The Labute approximate surface area is 340 Å². The number of fused-ring (bicyclic) bond motifs is 5. The van der Waals surface area contributed by atoms with Crippen LogP contribution in [-0.4, -0.2) is 100 Å². The number of aromatic hydroxyl groups is 1. The number of esters is 1. The minimum atomic E-state index is -0.923. The van der Waals surface area contributed by atoms with Crippen LogP contribution in [0.1, 0.15) is 127 Å². The SMILES string of the molecule is CCCCCCCCCC(=O)OCOC(=O)N1C2CCC1CN(c1nc(OC[C@@]34CCCN3C[C@H](F)C4)nc3c(F)c(-c4cc(O)cc5c4C(C)CCC5)ccc13)C2. The summed E-state index contributed by atoms with van der Waals surface area (Å²) in [5.74, 6) is -0.0695. The van der Waals surface area contributed by atoms with E-state index in [0.29, 0.717) is 54.8 Å². The molecule has 1 aromatic heterocycles. The number of aryl methyl sites for hydroxylation is 1. The summed E-state index contributed by atoms with van der Waals surface area (Å²) in [6.45, 7) is 6.17. The van der Waals surface area contributed by atoms with Gasteiger partial charge in [0.2, 0.25) is 6.79 Å². The summed E-state index contributed by atoms with van der Waals surface area (Å²) in [5.41, 5.74) is 2.79. The monoisotopic (exact) mass is 803 g/mol. The molecular formula is C45H59F2N5O6. The second-order valence-electron chi connectivity index (χ2n) is 17.5. The number of phenols is 1. The van der Waals surface area contributed by atoms with E-state index in [4.69, 9.17) is 24.2 Å². The molecule has 4 aliphatic heterocycles. The topological polar surface area (TPSA) is 118 Å². The van der Waals surface area contributed by atoms with Crippen LogP contribution in [0.3, 0.4) is 0 Å². The summed E-state index contributed by atoms with van der Waals surface area (Å²) in [6, 6.07) is 6.69. The van der Waals surface area contributed by atoms with Crippen LogP contribution in [0.5, 0.6) is 11.8 Å². The first-order valence-corrected chi connectivity index (χ1v) is 21.9. The number of nitrogens with zero attached hydrogens (tertiary/aromatic N) is 5. The molecule has 314 valence electrons. The number of halogens is 2. The molecule has 2 bridgehead atoms. The molecule has 8 rings (SSSR count). The van der Waals surface area contributed by atoms with Gasteiger partial charge in [-0.1, -0.05) is 58.4 Å².